The summed E-state index contributed by atoms with van der Waals surface area (Å²) in [5.74, 6) is -1.06. The SMILES string of the molecule is O=C(O)c1ccccc1Sc1cc(=O)[nH]c(=O)[nH]1. The lowest BCUT2D eigenvalue weighted by molar-refractivity contribution is 0.0693. The van der Waals surface area contributed by atoms with Gasteiger partial charge in [0.1, 0.15) is 0 Å². The Hall–Kier alpha value is -2.28. The molecule has 0 atom stereocenters. The molecule has 0 spiro atoms. The van der Waals surface area contributed by atoms with Gasteiger partial charge in [-0.05, 0) is 12.1 Å². The monoisotopic (exact) mass is 264 g/mol. The van der Waals surface area contributed by atoms with E-state index in [1.807, 2.05) is 4.98 Å². The average Bonchev–Trinajstić information content (AvgIpc) is 2.27. The van der Waals surface area contributed by atoms with E-state index in [0.29, 0.717) is 4.90 Å². The quantitative estimate of drug-likeness (QED) is 0.715. The molecule has 0 radical (unpaired) electrons. The van der Waals surface area contributed by atoms with Gasteiger partial charge in [-0.3, -0.25) is 9.78 Å². The fourth-order valence-corrected chi connectivity index (χ4v) is 2.31. The van der Waals surface area contributed by atoms with E-state index in [1.165, 1.54) is 12.1 Å². The van der Waals surface area contributed by atoms with Crippen molar-refractivity contribution in [3.05, 3.63) is 56.7 Å². The van der Waals surface area contributed by atoms with E-state index in [2.05, 4.69) is 4.98 Å². The van der Waals surface area contributed by atoms with Gasteiger partial charge in [0.15, 0.2) is 0 Å². The van der Waals surface area contributed by atoms with Gasteiger partial charge < -0.3 is 10.1 Å². The Morgan fingerprint density at radius 3 is 2.56 bits per heavy atom. The van der Waals surface area contributed by atoms with Crippen molar-refractivity contribution in [3.8, 4) is 0 Å². The van der Waals surface area contributed by atoms with Crippen molar-refractivity contribution in [1.82, 2.24) is 9.97 Å². The number of carboxylic acids is 1. The zero-order valence-corrected chi connectivity index (χ0v) is 9.78. The number of H-pyrrole nitrogens is 2. The second kappa shape index (κ2) is 4.92. The highest BCUT2D eigenvalue weighted by Gasteiger charge is 2.10. The van der Waals surface area contributed by atoms with Gasteiger partial charge in [0, 0.05) is 11.0 Å². The summed E-state index contributed by atoms with van der Waals surface area (Å²) in [6.45, 7) is 0. The largest absolute Gasteiger partial charge is 0.478 e. The highest BCUT2D eigenvalue weighted by Crippen LogP contribution is 2.27. The summed E-state index contributed by atoms with van der Waals surface area (Å²) in [5, 5.41) is 9.29. The van der Waals surface area contributed by atoms with Crippen LogP contribution in [0.4, 0.5) is 0 Å². The van der Waals surface area contributed by atoms with Crippen molar-refractivity contribution in [2.24, 2.45) is 0 Å². The van der Waals surface area contributed by atoms with Crippen LogP contribution in [0.5, 0.6) is 0 Å². The molecular weight excluding hydrogens is 256 g/mol. The third-order valence-corrected chi connectivity index (χ3v) is 3.09. The number of carbonyl (C=O) groups is 1. The summed E-state index contributed by atoms with van der Waals surface area (Å²) in [6, 6.07) is 7.54. The van der Waals surface area contributed by atoms with Gasteiger partial charge in [0.2, 0.25) is 0 Å². The number of benzene rings is 1. The first-order chi connectivity index (χ1) is 8.56. The van der Waals surface area contributed by atoms with E-state index >= 15 is 0 Å². The summed E-state index contributed by atoms with van der Waals surface area (Å²) in [4.78, 5) is 38.1. The number of nitrogens with one attached hydrogen (secondary N) is 2. The molecule has 6 nitrogen and oxygen atoms in total. The van der Waals surface area contributed by atoms with E-state index < -0.39 is 17.2 Å². The maximum atomic E-state index is 11.1. The molecule has 0 saturated heterocycles. The number of aromatic amines is 2. The summed E-state index contributed by atoms with van der Waals surface area (Å²) < 4.78 is 0. The molecule has 1 heterocycles. The third kappa shape index (κ3) is 2.69. The molecule has 0 unspecified atom stereocenters. The smallest absolute Gasteiger partial charge is 0.336 e. The molecule has 18 heavy (non-hydrogen) atoms. The fourth-order valence-electron chi connectivity index (χ4n) is 1.35. The van der Waals surface area contributed by atoms with Crippen molar-refractivity contribution in [1.29, 1.82) is 0 Å². The molecule has 0 aliphatic carbocycles. The van der Waals surface area contributed by atoms with E-state index in [4.69, 9.17) is 5.11 Å². The normalized spacial score (nSPS) is 10.2. The molecule has 0 fully saturated rings. The minimum Gasteiger partial charge on any atom is -0.478 e. The lowest BCUT2D eigenvalue weighted by Crippen LogP contribution is -2.21. The fraction of sp³-hybridized carbons (Fsp3) is 0. The molecule has 0 aliphatic heterocycles. The summed E-state index contributed by atoms with van der Waals surface area (Å²) in [6.07, 6.45) is 0. The maximum absolute atomic E-state index is 11.1. The van der Waals surface area contributed by atoms with Crippen LogP contribution < -0.4 is 11.2 Å². The Morgan fingerprint density at radius 2 is 1.89 bits per heavy atom. The maximum Gasteiger partial charge on any atom is 0.336 e. The van der Waals surface area contributed by atoms with E-state index in [9.17, 15) is 14.4 Å². The zero-order chi connectivity index (χ0) is 13.1. The van der Waals surface area contributed by atoms with Crippen LogP contribution >= 0.6 is 11.8 Å². The van der Waals surface area contributed by atoms with Gasteiger partial charge in [0.25, 0.3) is 5.56 Å². The van der Waals surface area contributed by atoms with Crippen LogP contribution in [0.2, 0.25) is 0 Å². The first-order valence-corrected chi connectivity index (χ1v) is 5.72. The second-order valence-electron chi connectivity index (χ2n) is 3.36. The highest BCUT2D eigenvalue weighted by atomic mass is 32.2. The summed E-state index contributed by atoms with van der Waals surface area (Å²) in [7, 11) is 0. The van der Waals surface area contributed by atoms with E-state index in [-0.39, 0.29) is 10.6 Å². The molecule has 3 N–H and O–H groups in total. The predicted molar refractivity (Wildman–Crippen MR) is 65.2 cm³/mol. The van der Waals surface area contributed by atoms with Crippen LogP contribution in [0.1, 0.15) is 10.4 Å². The number of aromatic carboxylic acids is 1. The molecule has 1 aromatic carbocycles. The number of hydrogen-bond donors (Lipinski definition) is 3. The third-order valence-electron chi connectivity index (χ3n) is 2.07. The van der Waals surface area contributed by atoms with Gasteiger partial charge in [-0.25, -0.2) is 9.59 Å². The number of carboxylic acid groups (broad SMARTS) is 1. The van der Waals surface area contributed by atoms with Crippen LogP contribution in [0, 0.1) is 0 Å². The Labute approximate surface area is 105 Å². The standard InChI is InChI=1S/C11H8N2O4S/c14-8-5-9(13-11(17)12-8)18-7-4-2-1-3-6(7)10(15)16/h1-5H,(H,15,16)(H2,12,13,14,17). The van der Waals surface area contributed by atoms with Crippen molar-refractivity contribution >= 4 is 17.7 Å². The molecule has 0 aliphatic rings. The first-order valence-electron chi connectivity index (χ1n) is 4.90. The Morgan fingerprint density at radius 1 is 1.17 bits per heavy atom. The Bertz CT molecular complexity index is 676. The molecule has 1 aromatic heterocycles. The van der Waals surface area contributed by atoms with Gasteiger partial charge in [0.05, 0.1) is 10.6 Å². The average molecular weight is 264 g/mol. The van der Waals surface area contributed by atoms with Crippen LogP contribution in [-0.4, -0.2) is 21.0 Å². The molecule has 92 valence electrons. The molecule has 2 aromatic rings. The van der Waals surface area contributed by atoms with Crippen molar-refractivity contribution in [3.63, 3.8) is 0 Å². The minimum atomic E-state index is -1.06. The molecular formula is C11H8N2O4S. The Kier molecular flexibility index (Phi) is 3.33. The van der Waals surface area contributed by atoms with Gasteiger partial charge >= 0.3 is 11.7 Å². The summed E-state index contributed by atoms with van der Waals surface area (Å²) in [5.41, 5.74) is -1.05. The van der Waals surface area contributed by atoms with Crippen molar-refractivity contribution in [2.45, 2.75) is 9.92 Å². The first kappa shape index (κ1) is 12.2. The van der Waals surface area contributed by atoms with E-state index in [1.54, 1.807) is 18.2 Å². The van der Waals surface area contributed by atoms with Crippen molar-refractivity contribution < 1.29 is 9.90 Å². The molecule has 0 bridgehead atoms. The van der Waals surface area contributed by atoms with Crippen LogP contribution in [0.3, 0.4) is 0 Å². The number of aromatic nitrogens is 2. The van der Waals surface area contributed by atoms with Crippen LogP contribution in [-0.2, 0) is 0 Å². The van der Waals surface area contributed by atoms with Crippen molar-refractivity contribution in [2.75, 3.05) is 0 Å². The van der Waals surface area contributed by atoms with Gasteiger partial charge in [-0.2, -0.15) is 0 Å². The zero-order valence-electron chi connectivity index (χ0n) is 8.97. The second-order valence-corrected chi connectivity index (χ2v) is 4.44. The number of rotatable bonds is 3. The van der Waals surface area contributed by atoms with Gasteiger partial charge in [-0.1, -0.05) is 23.9 Å². The predicted octanol–water partition coefficient (Wildman–Crippen LogP) is 0.913. The number of hydrogen-bond acceptors (Lipinski definition) is 4. The molecule has 0 amide bonds. The van der Waals surface area contributed by atoms with E-state index in [0.717, 1.165) is 11.8 Å². The molecule has 2 rings (SSSR count). The van der Waals surface area contributed by atoms with Crippen LogP contribution in [0.15, 0.2) is 49.8 Å². The minimum absolute atomic E-state index is 0.114. The highest BCUT2D eigenvalue weighted by molar-refractivity contribution is 7.99. The van der Waals surface area contributed by atoms with Crippen LogP contribution in [0.25, 0.3) is 0 Å². The lowest BCUT2D eigenvalue weighted by Gasteiger charge is -2.04. The summed E-state index contributed by atoms with van der Waals surface area (Å²) >= 11 is 1.01. The topological polar surface area (TPSA) is 103 Å². The lowest BCUT2D eigenvalue weighted by atomic mass is 10.2. The van der Waals surface area contributed by atoms with Gasteiger partial charge in [-0.15, -0.1) is 0 Å². The molecule has 0 saturated carbocycles. The molecule has 7 heteroatoms. The Balaban J connectivity index is 2.43.